The van der Waals surface area contributed by atoms with Gasteiger partial charge < -0.3 is 5.32 Å². The lowest BCUT2D eigenvalue weighted by atomic mass is 10.1. The highest BCUT2D eigenvalue weighted by Crippen LogP contribution is 2.23. The fraction of sp³-hybridized carbons (Fsp3) is 0.538. The van der Waals surface area contributed by atoms with Crippen molar-refractivity contribution in [1.29, 1.82) is 0 Å². The molecule has 1 unspecified atom stereocenters. The largest absolute Gasteiger partial charge is 0.316 e. The molecule has 1 aromatic rings. The monoisotopic (exact) mass is 300 g/mol. The second kappa shape index (κ2) is 6.74. The molecule has 0 aliphatic carbocycles. The van der Waals surface area contributed by atoms with E-state index in [9.17, 15) is 8.42 Å². The minimum atomic E-state index is -3.38. The Bertz CT molecular complexity index is 511. The topological polar surface area (TPSA) is 58.2 Å². The lowest BCUT2D eigenvalue weighted by molar-refractivity contribution is 0.545. The summed E-state index contributed by atoms with van der Waals surface area (Å²) in [5.74, 6) is 2.67. The maximum atomic E-state index is 12.2. The third kappa shape index (κ3) is 4.21. The van der Waals surface area contributed by atoms with Crippen LogP contribution in [0.25, 0.3) is 0 Å². The van der Waals surface area contributed by atoms with Crippen LogP contribution in [0, 0.1) is 5.92 Å². The maximum absolute atomic E-state index is 12.2. The lowest BCUT2D eigenvalue weighted by Crippen LogP contribution is -2.29. The van der Waals surface area contributed by atoms with Crippen LogP contribution in [0.1, 0.15) is 12.0 Å². The molecule has 6 heteroatoms. The summed E-state index contributed by atoms with van der Waals surface area (Å²) in [5.41, 5.74) is 0.974. The molecule has 0 bridgehead atoms. The fourth-order valence-corrected chi connectivity index (χ4v) is 4.55. The number of hydrogen-bond acceptors (Lipinski definition) is 4. The van der Waals surface area contributed by atoms with E-state index in [1.807, 2.05) is 24.9 Å². The molecule has 0 spiro atoms. The van der Waals surface area contributed by atoms with E-state index in [4.69, 9.17) is 0 Å². The van der Waals surface area contributed by atoms with Crippen LogP contribution in [0.4, 0.5) is 0 Å². The van der Waals surface area contributed by atoms with Gasteiger partial charge in [-0.05, 0) is 48.6 Å². The molecule has 1 atom stereocenters. The van der Waals surface area contributed by atoms with Gasteiger partial charge in [-0.2, -0.15) is 11.8 Å². The molecule has 1 saturated heterocycles. The van der Waals surface area contributed by atoms with Gasteiger partial charge in [-0.15, -0.1) is 0 Å². The van der Waals surface area contributed by atoms with Crippen molar-refractivity contribution in [3.63, 3.8) is 0 Å². The van der Waals surface area contributed by atoms with Crippen LogP contribution in [0.3, 0.4) is 0 Å². The van der Waals surface area contributed by atoms with Crippen LogP contribution in [0.2, 0.25) is 0 Å². The van der Waals surface area contributed by atoms with E-state index in [0.717, 1.165) is 23.5 Å². The summed E-state index contributed by atoms with van der Waals surface area (Å²) in [5, 5.41) is 3.02. The first-order valence-electron chi connectivity index (χ1n) is 6.43. The van der Waals surface area contributed by atoms with E-state index in [0.29, 0.717) is 23.9 Å². The number of thioether (sulfide) groups is 1. The van der Waals surface area contributed by atoms with Crippen molar-refractivity contribution < 1.29 is 8.42 Å². The number of sulfonamides is 1. The number of nitrogens with one attached hydrogen (secondary N) is 2. The van der Waals surface area contributed by atoms with E-state index in [-0.39, 0.29) is 0 Å². The van der Waals surface area contributed by atoms with Crippen molar-refractivity contribution in [1.82, 2.24) is 10.0 Å². The van der Waals surface area contributed by atoms with Gasteiger partial charge in [-0.3, -0.25) is 0 Å². The Morgan fingerprint density at radius 1 is 1.42 bits per heavy atom. The Hall–Kier alpha value is -0.560. The number of hydrogen-bond donors (Lipinski definition) is 2. The molecule has 4 nitrogen and oxygen atoms in total. The van der Waals surface area contributed by atoms with E-state index < -0.39 is 10.0 Å². The molecule has 2 N–H and O–H groups in total. The van der Waals surface area contributed by atoms with Crippen LogP contribution < -0.4 is 10.0 Å². The van der Waals surface area contributed by atoms with E-state index >= 15 is 0 Å². The summed E-state index contributed by atoms with van der Waals surface area (Å²) < 4.78 is 27.1. The summed E-state index contributed by atoms with van der Waals surface area (Å²) in [6.07, 6.45) is 1.10. The Balaban J connectivity index is 2.03. The van der Waals surface area contributed by atoms with Crippen LogP contribution in [-0.4, -0.2) is 33.5 Å². The van der Waals surface area contributed by atoms with Crippen molar-refractivity contribution in [3.05, 3.63) is 29.8 Å². The highest BCUT2D eigenvalue weighted by molar-refractivity contribution is 7.99. The van der Waals surface area contributed by atoms with Gasteiger partial charge in [0.2, 0.25) is 10.0 Å². The second-order valence-corrected chi connectivity index (χ2v) is 7.68. The van der Waals surface area contributed by atoms with Gasteiger partial charge in [-0.25, -0.2) is 13.1 Å². The van der Waals surface area contributed by atoms with E-state index in [1.54, 1.807) is 18.2 Å². The first-order valence-corrected chi connectivity index (χ1v) is 9.06. The SMILES string of the molecule is CNCc1cccc(S(=O)(=O)NCC2CCSC2)c1. The van der Waals surface area contributed by atoms with Gasteiger partial charge in [0.1, 0.15) is 0 Å². The van der Waals surface area contributed by atoms with Gasteiger partial charge >= 0.3 is 0 Å². The second-order valence-electron chi connectivity index (χ2n) is 4.76. The smallest absolute Gasteiger partial charge is 0.240 e. The van der Waals surface area contributed by atoms with Crippen molar-refractivity contribution in [2.75, 3.05) is 25.1 Å². The quantitative estimate of drug-likeness (QED) is 0.834. The first-order chi connectivity index (χ1) is 9.12. The van der Waals surface area contributed by atoms with Gasteiger partial charge in [0.05, 0.1) is 4.90 Å². The zero-order valence-corrected chi connectivity index (χ0v) is 12.7. The summed E-state index contributed by atoms with van der Waals surface area (Å²) in [6.45, 7) is 1.22. The Labute approximate surface area is 119 Å². The molecule has 1 fully saturated rings. The predicted octanol–water partition coefficient (Wildman–Crippen LogP) is 1.44. The molecule has 1 aliphatic heterocycles. The summed E-state index contributed by atoms with van der Waals surface area (Å²) in [4.78, 5) is 0.353. The van der Waals surface area contributed by atoms with Crippen LogP contribution in [0.15, 0.2) is 29.2 Å². The van der Waals surface area contributed by atoms with Gasteiger partial charge in [-0.1, -0.05) is 12.1 Å². The summed E-state index contributed by atoms with van der Waals surface area (Å²) in [7, 11) is -1.53. The molecule has 1 heterocycles. The molecule has 19 heavy (non-hydrogen) atoms. The van der Waals surface area contributed by atoms with E-state index in [1.165, 1.54) is 0 Å². The van der Waals surface area contributed by atoms with Crippen molar-refractivity contribution in [2.45, 2.75) is 17.9 Å². The van der Waals surface area contributed by atoms with Crippen LogP contribution >= 0.6 is 11.8 Å². The average molecular weight is 300 g/mol. The highest BCUT2D eigenvalue weighted by atomic mass is 32.2. The molecule has 0 radical (unpaired) electrons. The molecule has 0 saturated carbocycles. The molecule has 1 aromatic carbocycles. The van der Waals surface area contributed by atoms with Crippen molar-refractivity contribution >= 4 is 21.8 Å². The maximum Gasteiger partial charge on any atom is 0.240 e. The Morgan fingerprint density at radius 3 is 2.95 bits per heavy atom. The zero-order chi connectivity index (χ0) is 13.7. The molecule has 2 rings (SSSR count). The van der Waals surface area contributed by atoms with Crippen molar-refractivity contribution in [3.8, 4) is 0 Å². The summed E-state index contributed by atoms with van der Waals surface area (Å²) in [6, 6.07) is 7.07. The molecule has 0 aromatic heterocycles. The predicted molar refractivity (Wildman–Crippen MR) is 79.8 cm³/mol. The minimum Gasteiger partial charge on any atom is -0.316 e. The normalized spacial score (nSPS) is 19.7. The molecule has 1 aliphatic rings. The molecule has 106 valence electrons. The lowest BCUT2D eigenvalue weighted by Gasteiger charge is -2.11. The number of rotatable bonds is 6. The van der Waals surface area contributed by atoms with E-state index in [2.05, 4.69) is 10.0 Å². The standard InChI is InChI=1S/C13H20N2O2S2/c1-14-8-11-3-2-4-13(7-11)19(16,17)15-9-12-5-6-18-10-12/h2-4,7,12,14-15H,5-6,8-10H2,1H3. The zero-order valence-electron chi connectivity index (χ0n) is 11.1. The van der Waals surface area contributed by atoms with Crippen LogP contribution in [0.5, 0.6) is 0 Å². The Kier molecular flexibility index (Phi) is 5.27. The highest BCUT2D eigenvalue weighted by Gasteiger charge is 2.20. The Morgan fingerprint density at radius 2 is 2.26 bits per heavy atom. The summed E-state index contributed by atoms with van der Waals surface area (Å²) >= 11 is 1.89. The third-order valence-corrected chi connectivity index (χ3v) is 5.83. The fourth-order valence-electron chi connectivity index (χ4n) is 2.08. The van der Waals surface area contributed by atoms with Gasteiger partial charge in [0.25, 0.3) is 0 Å². The number of benzene rings is 1. The molecular weight excluding hydrogens is 280 g/mol. The molecule has 0 amide bonds. The minimum absolute atomic E-state index is 0.353. The van der Waals surface area contributed by atoms with Crippen LogP contribution in [-0.2, 0) is 16.6 Å². The van der Waals surface area contributed by atoms with Gasteiger partial charge in [0.15, 0.2) is 0 Å². The molecular formula is C13H20N2O2S2. The third-order valence-electron chi connectivity index (χ3n) is 3.18. The first kappa shape index (κ1) is 14.8. The van der Waals surface area contributed by atoms with Crippen molar-refractivity contribution in [2.24, 2.45) is 5.92 Å². The van der Waals surface area contributed by atoms with Gasteiger partial charge in [0, 0.05) is 13.1 Å². The average Bonchev–Trinajstić information content (AvgIpc) is 2.90.